The molecular formula is C18H17N5O4. The SMILES string of the molecule is Cc1ccn(CCC(=O)Nc2cc(Oc3cccnc3)cc([N+](=O)[O-])c2)n1. The number of pyridine rings is 1. The second-order valence-corrected chi connectivity index (χ2v) is 5.78. The third-order valence-electron chi connectivity index (χ3n) is 3.60. The van der Waals surface area contributed by atoms with Crippen molar-refractivity contribution in [2.45, 2.75) is 19.9 Å². The zero-order valence-electron chi connectivity index (χ0n) is 14.5. The van der Waals surface area contributed by atoms with Gasteiger partial charge in [0.2, 0.25) is 5.91 Å². The van der Waals surface area contributed by atoms with Gasteiger partial charge in [-0.25, -0.2) is 0 Å². The number of nitrogens with one attached hydrogen (secondary N) is 1. The number of carbonyl (C=O) groups is 1. The molecule has 0 saturated heterocycles. The minimum atomic E-state index is -0.543. The first kappa shape index (κ1) is 18.1. The molecule has 0 saturated carbocycles. The Labute approximate surface area is 154 Å². The number of ether oxygens (including phenoxy) is 1. The molecule has 0 unspecified atom stereocenters. The number of aryl methyl sites for hydroxylation is 2. The highest BCUT2D eigenvalue weighted by Crippen LogP contribution is 2.29. The normalized spacial score (nSPS) is 10.4. The third-order valence-corrected chi connectivity index (χ3v) is 3.60. The Morgan fingerprint density at radius 1 is 1.30 bits per heavy atom. The molecule has 0 aliphatic carbocycles. The average Bonchev–Trinajstić information content (AvgIpc) is 3.06. The van der Waals surface area contributed by atoms with E-state index in [1.165, 1.54) is 24.4 Å². The van der Waals surface area contributed by atoms with E-state index in [0.717, 1.165) is 5.69 Å². The molecule has 0 fully saturated rings. The molecule has 0 bridgehead atoms. The first-order valence-corrected chi connectivity index (χ1v) is 8.17. The van der Waals surface area contributed by atoms with Crippen LogP contribution in [-0.4, -0.2) is 25.6 Å². The minimum Gasteiger partial charge on any atom is -0.455 e. The van der Waals surface area contributed by atoms with E-state index in [0.29, 0.717) is 12.3 Å². The Morgan fingerprint density at radius 2 is 2.15 bits per heavy atom. The van der Waals surface area contributed by atoms with Gasteiger partial charge in [-0.1, -0.05) is 0 Å². The second-order valence-electron chi connectivity index (χ2n) is 5.78. The van der Waals surface area contributed by atoms with Crippen LogP contribution in [-0.2, 0) is 11.3 Å². The molecule has 1 aromatic carbocycles. The number of benzene rings is 1. The predicted octanol–water partition coefficient (Wildman–Crippen LogP) is 3.32. The highest BCUT2D eigenvalue weighted by atomic mass is 16.6. The van der Waals surface area contributed by atoms with Crippen molar-refractivity contribution < 1.29 is 14.5 Å². The topological polar surface area (TPSA) is 112 Å². The molecule has 1 N–H and O–H groups in total. The number of rotatable bonds is 7. The molecule has 138 valence electrons. The molecule has 9 heteroatoms. The molecule has 0 spiro atoms. The Bertz CT molecular complexity index is 955. The number of nitro benzene ring substituents is 1. The zero-order chi connectivity index (χ0) is 19.2. The number of hydrogen-bond donors (Lipinski definition) is 1. The number of carbonyl (C=O) groups excluding carboxylic acids is 1. The van der Waals surface area contributed by atoms with Crippen LogP contribution in [0.1, 0.15) is 12.1 Å². The number of anilines is 1. The quantitative estimate of drug-likeness (QED) is 0.506. The largest absolute Gasteiger partial charge is 0.455 e. The summed E-state index contributed by atoms with van der Waals surface area (Å²) in [6.07, 6.45) is 5.05. The van der Waals surface area contributed by atoms with Gasteiger partial charge in [0, 0.05) is 37.5 Å². The Balaban J connectivity index is 1.71. The number of non-ortho nitro benzene ring substituents is 1. The lowest BCUT2D eigenvalue weighted by Gasteiger charge is -2.09. The van der Waals surface area contributed by atoms with E-state index >= 15 is 0 Å². The number of nitrogens with zero attached hydrogens (tertiary/aromatic N) is 4. The van der Waals surface area contributed by atoms with Crippen LogP contribution in [0.15, 0.2) is 55.0 Å². The number of hydrogen-bond acceptors (Lipinski definition) is 6. The molecule has 0 atom stereocenters. The van der Waals surface area contributed by atoms with E-state index in [9.17, 15) is 14.9 Å². The van der Waals surface area contributed by atoms with Gasteiger partial charge in [0.1, 0.15) is 11.5 Å². The number of aromatic nitrogens is 3. The molecule has 3 rings (SSSR count). The highest BCUT2D eigenvalue weighted by molar-refractivity contribution is 5.91. The van der Waals surface area contributed by atoms with Crippen molar-refractivity contribution in [3.05, 3.63) is 70.8 Å². The van der Waals surface area contributed by atoms with Crippen LogP contribution < -0.4 is 10.1 Å². The van der Waals surface area contributed by atoms with Crippen molar-refractivity contribution >= 4 is 17.3 Å². The summed E-state index contributed by atoms with van der Waals surface area (Å²) in [5.74, 6) is 0.385. The van der Waals surface area contributed by atoms with E-state index in [4.69, 9.17) is 4.74 Å². The predicted molar refractivity (Wildman–Crippen MR) is 97.6 cm³/mol. The van der Waals surface area contributed by atoms with Crippen LogP contribution >= 0.6 is 0 Å². The van der Waals surface area contributed by atoms with Crippen molar-refractivity contribution in [1.29, 1.82) is 0 Å². The Hall–Kier alpha value is -3.75. The van der Waals surface area contributed by atoms with Crippen molar-refractivity contribution in [1.82, 2.24) is 14.8 Å². The lowest BCUT2D eigenvalue weighted by Crippen LogP contribution is -2.15. The van der Waals surface area contributed by atoms with Crippen molar-refractivity contribution in [2.24, 2.45) is 0 Å². The molecule has 9 nitrogen and oxygen atoms in total. The second kappa shape index (κ2) is 8.09. The Kier molecular flexibility index (Phi) is 5.41. The van der Waals surface area contributed by atoms with Crippen molar-refractivity contribution in [2.75, 3.05) is 5.32 Å². The minimum absolute atomic E-state index is 0.183. The summed E-state index contributed by atoms with van der Waals surface area (Å²) in [6.45, 7) is 2.27. The fraction of sp³-hybridized carbons (Fsp3) is 0.167. The smallest absolute Gasteiger partial charge is 0.275 e. The summed E-state index contributed by atoms with van der Waals surface area (Å²) < 4.78 is 7.26. The van der Waals surface area contributed by atoms with Gasteiger partial charge in [0.05, 0.1) is 28.6 Å². The molecule has 27 heavy (non-hydrogen) atoms. The summed E-state index contributed by atoms with van der Waals surface area (Å²) in [7, 11) is 0. The van der Waals surface area contributed by atoms with Crippen molar-refractivity contribution in [3.8, 4) is 11.5 Å². The van der Waals surface area contributed by atoms with Gasteiger partial charge in [-0.05, 0) is 25.1 Å². The molecule has 2 aromatic heterocycles. The maximum atomic E-state index is 12.2. The molecular weight excluding hydrogens is 350 g/mol. The lowest BCUT2D eigenvalue weighted by molar-refractivity contribution is -0.384. The Morgan fingerprint density at radius 3 is 2.81 bits per heavy atom. The summed E-state index contributed by atoms with van der Waals surface area (Å²) in [5, 5.41) is 18.0. The van der Waals surface area contributed by atoms with E-state index in [1.54, 1.807) is 29.2 Å². The van der Waals surface area contributed by atoms with Gasteiger partial charge >= 0.3 is 0 Å². The molecule has 2 heterocycles. The molecule has 0 radical (unpaired) electrons. The fourth-order valence-electron chi connectivity index (χ4n) is 2.39. The van der Waals surface area contributed by atoms with Gasteiger partial charge in [0.25, 0.3) is 5.69 Å². The van der Waals surface area contributed by atoms with Crippen LogP contribution in [0.4, 0.5) is 11.4 Å². The fourth-order valence-corrected chi connectivity index (χ4v) is 2.39. The van der Waals surface area contributed by atoms with E-state index < -0.39 is 4.92 Å². The van der Waals surface area contributed by atoms with E-state index in [2.05, 4.69) is 15.4 Å². The van der Waals surface area contributed by atoms with Gasteiger partial charge in [-0.2, -0.15) is 5.10 Å². The maximum absolute atomic E-state index is 12.2. The summed E-state index contributed by atoms with van der Waals surface area (Å²) in [4.78, 5) is 26.7. The number of nitro groups is 1. The standard InChI is InChI=1S/C18H17N5O4/c1-13-4-7-22(21-13)8-5-18(24)20-14-9-15(23(25)26)11-17(10-14)27-16-3-2-6-19-12-16/h2-4,6-7,9-12H,5,8H2,1H3,(H,20,24). The molecule has 0 aliphatic heterocycles. The summed E-state index contributed by atoms with van der Waals surface area (Å²) in [6, 6.07) is 9.31. The highest BCUT2D eigenvalue weighted by Gasteiger charge is 2.13. The van der Waals surface area contributed by atoms with Gasteiger partial charge in [-0.3, -0.25) is 24.6 Å². The van der Waals surface area contributed by atoms with E-state index in [1.807, 2.05) is 13.0 Å². The average molecular weight is 367 g/mol. The van der Waals surface area contributed by atoms with Gasteiger partial charge in [-0.15, -0.1) is 0 Å². The zero-order valence-corrected chi connectivity index (χ0v) is 14.5. The molecule has 0 aliphatic rings. The number of amides is 1. The first-order chi connectivity index (χ1) is 13.0. The van der Waals surface area contributed by atoms with Crippen LogP contribution in [0, 0.1) is 17.0 Å². The van der Waals surface area contributed by atoms with Crippen LogP contribution in [0.5, 0.6) is 11.5 Å². The molecule has 3 aromatic rings. The summed E-state index contributed by atoms with van der Waals surface area (Å²) in [5.41, 5.74) is 0.963. The lowest BCUT2D eigenvalue weighted by atomic mass is 10.2. The first-order valence-electron chi connectivity index (χ1n) is 8.17. The van der Waals surface area contributed by atoms with Crippen molar-refractivity contribution in [3.63, 3.8) is 0 Å². The third kappa shape index (κ3) is 5.11. The van der Waals surface area contributed by atoms with Crippen LogP contribution in [0.2, 0.25) is 0 Å². The van der Waals surface area contributed by atoms with Gasteiger partial charge in [0.15, 0.2) is 0 Å². The summed E-state index contributed by atoms with van der Waals surface area (Å²) >= 11 is 0. The van der Waals surface area contributed by atoms with Crippen LogP contribution in [0.25, 0.3) is 0 Å². The van der Waals surface area contributed by atoms with E-state index in [-0.39, 0.29) is 29.5 Å². The van der Waals surface area contributed by atoms with Crippen LogP contribution in [0.3, 0.4) is 0 Å². The monoisotopic (exact) mass is 367 g/mol. The maximum Gasteiger partial charge on any atom is 0.275 e. The molecule has 1 amide bonds. The van der Waals surface area contributed by atoms with Gasteiger partial charge < -0.3 is 10.1 Å².